The van der Waals surface area contributed by atoms with Crippen LogP contribution in [0.4, 0.5) is 5.69 Å². The first-order valence-electron chi connectivity index (χ1n) is 6.91. The van der Waals surface area contributed by atoms with Gasteiger partial charge >= 0.3 is 5.97 Å². The molecule has 1 atom stereocenters. The van der Waals surface area contributed by atoms with Crippen LogP contribution in [0.15, 0.2) is 29.2 Å². The average molecular weight is 326 g/mol. The summed E-state index contributed by atoms with van der Waals surface area (Å²) < 4.78 is 26.3. The van der Waals surface area contributed by atoms with Crippen LogP contribution in [0.1, 0.15) is 19.8 Å². The van der Waals surface area contributed by atoms with Crippen molar-refractivity contribution < 1.29 is 23.1 Å². The van der Waals surface area contributed by atoms with Crippen LogP contribution in [0.5, 0.6) is 0 Å². The SMILES string of the molecule is CC(=O)Nc1ccc(S(=O)(=O)N2CCC[C@H](C(=O)O)C2)cc1. The van der Waals surface area contributed by atoms with Crippen LogP contribution >= 0.6 is 0 Å². The molecule has 1 heterocycles. The summed E-state index contributed by atoms with van der Waals surface area (Å²) in [5, 5.41) is 11.6. The Balaban J connectivity index is 2.19. The molecule has 7 nitrogen and oxygen atoms in total. The number of nitrogens with zero attached hydrogens (tertiary/aromatic N) is 1. The fraction of sp³-hybridized carbons (Fsp3) is 0.429. The molecule has 1 fully saturated rings. The summed E-state index contributed by atoms with van der Waals surface area (Å²) in [5.74, 6) is -1.88. The first kappa shape index (κ1) is 16.4. The molecule has 1 amide bonds. The maximum absolute atomic E-state index is 12.5. The molecule has 2 N–H and O–H groups in total. The number of rotatable bonds is 4. The van der Waals surface area contributed by atoms with Crippen LogP contribution in [-0.4, -0.2) is 42.8 Å². The van der Waals surface area contributed by atoms with Crippen molar-refractivity contribution in [2.24, 2.45) is 5.92 Å². The topological polar surface area (TPSA) is 104 Å². The zero-order chi connectivity index (χ0) is 16.3. The van der Waals surface area contributed by atoms with Gasteiger partial charge in [-0.25, -0.2) is 8.42 Å². The van der Waals surface area contributed by atoms with Gasteiger partial charge in [-0.05, 0) is 37.1 Å². The Morgan fingerprint density at radius 2 is 1.91 bits per heavy atom. The van der Waals surface area contributed by atoms with Crippen molar-refractivity contribution in [3.05, 3.63) is 24.3 Å². The molecular weight excluding hydrogens is 308 g/mol. The third-order valence-electron chi connectivity index (χ3n) is 3.55. The summed E-state index contributed by atoms with van der Waals surface area (Å²) >= 11 is 0. The van der Waals surface area contributed by atoms with E-state index in [-0.39, 0.29) is 17.3 Å². The van der Waals surface area contributed by atoms with Gasteiger partial charge in [0.25, 0.3) is 0 Å². The van der Waals surface area contributed by atoms with Crippen LogP contribution in [0.25, 0.3) is 0 Å². The summed E-state index contributed by atoms with van der Waals surface area (Å²) in [6.07, 6.45) is 1.02. The predicted molar refractivity (Wildman–Crippen MR) is 79.9 cm³/mol. The van der Waals surface area contributed by atoms with Crippen molar-refractivity contribution in [3.63, 3.8) is 0 Å². The van der Waals surface area contributed by atoms with E-state index in [4.69, 9.17) is 5.11 Å². The summed E-state index contributed by atoms with van der Waals surface area (Å²) in [5.41, 5.74) is 0.508. The van der Waals surface area contributed by atoms with E-state index in [0.717, 1.165) is 0 Å². The minimum absolute atomic E-state index is 0.00882. The smallest absolute Gasteiger partial charge is 0.307 e. The van der Waals surface area contributed by atoms with Gasteiger partial charge in [0.1, 0.15) is 0 Å². The number of carboxylic acids is 1. The lowest BCUT2D eigenvalue weighted by atomic mass is 10.0. The van der Waals surface area contributed by atoms with E-state index in [0.29, 0.717) is 25.1 Å². The molecular formula is C14H18N2O5S. The summed E-state index contributed by atoms with van der Waals surface area (Å²) in [6.45, 7) is 1.68. The number of hydrogen-bond acceptors (Lipinski definition) is 4. The van der Waals surface area contributed by atoms with Gasteiger partial charge in [0.2, 0.25) is 15.9 Å². The number of sulfonamides is 1. The molecule has 1 aliphatic rings. The van der Waals surface area contributed by atoms with Gasteiger partial charge in [-0.15, -0.1) is 0 Å². The number of carbonyl (C=O) groups excluding carboxylic acids is 1. The van der Waals surface area contributed by atoms with Crippen molar-refractivity contribution in [1.29, 1.82) is 0 Å². The van der Waals surface area contributed by atoms with Gasteiger partial charge in [-0.1, -0.05) is 0 Å². The molecule has 1 aliphatic heterocycles. The molecule has 1 aromatic rings. The second kappa shape index (κ2) is 6.45. The number of hydrogen-bond donors (Lipinski definition) is 2. The lowest BCUT2D eigenvalue weighted by Gasteiger charge is -2.29. The first-order chi connectivity index (χ1) is 10.3. The van der Waals surface area contributed by atoms with Gasteiger partial charge < -0.3 is 10.4 Å². The van der Waals surface area contributed by atoms with Crippen LogP contribution in [0.2, 0.25) is 0 Å². The summed E-state index contributed by atoms with van der Waals surface area (Å²) in [6, 6.07) is 5.83. The molecule has 0 radical (unpaired) electrons. The Labute approximate surface area is 129 Å². The van der Waals surface area contributed by atoms with E-state index in [1.54, 1.807) is 0 Å². The number of aliphatic carboxylic acids is 1. The number of piperidine rings is 1. The number of carbonyl (C=O) groups is 2. The van der Waals surface area contributed by atoms with Gasteiger partial charge in [0.15, 0.2) is 0 Å². The van der Waals surface area contributed by atoms with Crippen LogP contribution in [0.3, 0.4) is 0 Å². The Bertz CT molecular complexity index is 669. The quantitative estimate of drug-likeness (QED) is 0.863. The molecule has 8 heteroatoms. The maximum atomic E-state index is 12.5. The molecule has 0 aliphatic carbocycles. The van der Waals surface area contributed by atoms with Crippen molar-refractivity contribution in [1.82, 2.24) is 4.31 Å². The number of amides is 1. The highest BCUT2D eigenvalue weighted by molar-refractivity contribution is 7.89. The largest absolute Gasteiger partial charge is 0.481 e. The molecule has 0 bridgehead atoms. The van der Waals surface area contributed by atoms with Crippen molar-refractivity contribution in [2.75, 3.05) is 18.4 Å². The van der Waals surface area contributed by atoms with Crippen molar-refractivity contribution in [3.8, 4) is 0 Å². The van der Waals surface area contributed by atoms with E-state index in [2.05, 4.69) is 5.32 Å². The maximum Gasteiger partial charge on any atom is 0.307 e. The summed E-state index contributed by atoms with van der Waals surface area (Å²) in [4.78, 5) is 22.1. The van der Waals surface area contributed by atoms with Crippen LogP contribution in [0, 0.1) is 5.92 Å². The number of anilines is 1. The molecule has 22 heavy (non-hydrogen) atoms. The highest BCUT2D eigenvalue weighted by atomic mass is 32.2. The predicted octanol–water partition coefficient (Wildman–Crippen LogP) is 1.13. The van der Waals surface area contributed by atoms with Crippen LogP contribution < -0.4 is 5.32 Å². The van der Waals surface area contributed by atoms with E-state index in [1.807, 2.05) is 0 Å². The first-order valence-corrected chi connectivity index (χ1v) is 8.35. The van der Waals surface area contributed by atoms with E-state index in [1.165, 1.54) is 35.5 Å². The molecule has 1 aromatic carbocycles. The lowest BCUT2D eigenvalue weighted by Crippen LogP contribution is -2.42. The second-order valence-electron chi connectivity index (χ2n) is 5.25. The normalized spacial score (nSPS) is 19.6. The number of nitrogens with one attached hydrogen (secondary N) is 1. The zero-order valence-corrected chi connectivity index (χ0v) is 13.0. The zero-order valence-electron chi connectivity index (χ0n) is 12.2. The standard InChI is InChI=1S/C14H18N2O5S/c1-10(17)15-12-4-6-13(7-5-12)22(20,21)16-8-2-3-11(9-16)14(18)19/h4-7,11H,2-3,8-9H2,1H3,(H,15,17)(H,18,19)/t11-/m0/s1. The minimum Gasteiger partial charge on any atom is -0.481 e. The minimum atomic E-state index is -3.72. The fourth-order valence-electron chi connectivity index (χ4n) is 2.42. The molecule has 0 saturated carbocycles. The fourth-order valence-corrected chi connectivity index (χ4v) is 3.95. The molecule has 0 spiro atoms. The average Bonchev–Trinajstić information content (AvgIpc) is 2.47. The molecule has 2 rings (SSSR count). The third kappa shape index (κ3) is 3.63. The molecule has 120 valence electrons. The van der Waals surface area contributed by atoms with E-state index in [9.17, 15) is 18.0 Å². The summed E-state index contributed by atoms with van der Waals surface area (Å²) in [7, 11) is -3.72. The number of carboxylic acid groups (broad SMARTS) is 1. The van der Waals surface area contributed by atoms with E-state index < -0.39 is 21.9 Å². The van der Waals surface area contributed by atoms with Gasteiger partial charge in [0.05, 0.1) is 10.8 Å². The monoisotopic (exact) mass is 326 g/mol. The van der Waals surface area contributed by atoms with Crippen molar-refractivity contribution in [2.45, 2.75) is 24.7 Å². The molecule has 0 unspecified atom stereocenters. The van der Waals surface area contributed by atoms with Gasteiger partial charge in [-0.2, -0.15) is 4.31 Å². The molecule has 0 aromatic heterocycles. The highest BCUT2D eigenvalue weighted by Gasteiger charge is 2.33. The van der Waals surface area contributed by atoms with Crippen LogP contribution in [-0.2, 0) is 19.6 Å². The highest BCUT2D eigenvalue weighted by Crippen LogP contribution is 2.24. The van der Waals surface area contributed by atoms with Crippen molar-refractivity contribution >= 4 is 27.6 Å². The van der Waals surface area contributed by atoms with Gasteiger partial charge in [0, 0.05) is 25.7 Å². The van der Waals surface area contributed by atoms with Gasteiger partial charge in [-0.3, -0.25) is 9.59 Å². The third-order valence-corrected chi connectivity index (χ3v) is 5.43. The van der Waals surface area contributed by atoms with E-state index >= 15 is 0 Å². The molecule has 1 saturated heterocycles. The Morgan fingerprint density at radius 3 is 2.45 bits per heavy atom. The lowest BCUT2D eigenvalue weighted by molar-refractivity contribution is -0.142. The Kier molecular flexibility index (Phi) is 4.82. The number of benzene rings is 1. The second-order valence-corrected chi connectivity index (χ2v) is 7.18. The Morgan fingerprint density at radius 1 is 1.27 bits per heavy atom. The Hall–Kier alpha value is -1.93.